The zero-order valence-corrected chi connectivity index (χ0v) is 18.5. The molecule has 11 heteroatoms. The van der Waals surface area contributed by atoms with Crippen molar-refractivity contribution >= 4 is 29.7 Å². The summed E-state index contributed by atoms with van der Waals surface area (Å²) in [6, 6.07) is -4.38. The van der Waals surface area contributed by atoms with E-state index in [2.05, 4.69) is 10.6 Å². The molecule has 31 heavy (non-hydrogen) atoms. The maximum atomic E-state index is 13.0. The molecular weight excluding hydrogens is 408 g/mol. The second kappa shape index (κ2) is 11.6. The van der Waals surface area contributed by atoms with Gasteiger partial charge >= 0.3 is 11.9 Å². The summed E-state index contributed by atoms with van der Waals surface area (Å²) in [5.74, 6) is -5.05. The predicted molar refractivity (Wildman–Crippen MR) is 111 cm³/mol. The fraction of sp³-hybridized carbons (Fsp3) is 0.750. The lowest BCUT2D eigenvalue weighted by Crippen LogP contribution is -2.59. The first-order valence-electron chi connectivity index (χ1n) is 10.5. The van der Waals surface area contributed by atoms with Crippen LogP contribution in [0.1, 0.15) is 53.4 Å². The van der Waals surface area contributed by atoms with Gasteiger partial charge in [-0.2, -0.15) is 0 Å². The molecule has 11 nitrogen and oxygen atoms in total. The van der Waals surface area contributed by atoms with Crippen LogP contribution in [-0.2, 0) is 24.0 Å². The molecular formula is C20H34N4O7. The lowest BCUT2D eigenvalue weighted by molar-refractivity contribution is -0.150. The van der Waals surface area contributed by atoms with Gasteiger partial charge in [0.1, 0.15) is 18.1 Å². The molecule has 1 rings (SSSR count). The molecule has 0 radical (unpaired) electrons. The largest absolute Gasteiger partial charge is 0.481 e. The Kier molecular flexibility index (Phi) is 9.89. The first-order valence-corrected chi connectivity index (χ1v) is 10.5. The van der Waals surface area contributed by atoms with Crippen LogP contribution in [0.15, 0.2) is 0 Å². The molecule has 0 aliphatic carbocycles. The van der Waals surface area contributed by atoms with E-state index in [1.54, 1.807) is 20.8 Å². The number of carboxylic acids is 2. The summed E-state index contributed by atoms with van der Waals surface area (Å²) >= 11 is 0. The second-order valence-corrected chi connectivity index (χ2v) is 8.33. The second-order valence-electron chi connectivity index (χ2n) is 8.33. The van der Waals surface area contributed by atoms with Crippen molar-refractivity contribution in [1.82, 2.24) is 15.5 Å². The van der Waals surface area contributed by atoms with Gasteiger partial charge in [0, 0.05) is 6.54 Å². The maximum absolute atomic E-state index is 13.0. The summed E-state index contributed by atoms with van der Waals surface area (Å²) in [6.07, 6.45) is 0.790. The molecule has 0 spiro atoms. The van der Waals surface area contributed by atoms with Gasteiger partial charge in [0.2, 0.25) is 17.7 Å². The summed E-state index contributed by atoms with van der Waals surface area (Å²) in [4.78, 5) is 62.0. The van der Waals surface area contributed by atoms with Crippen LogP contribution in [0.2, 0.25) is 0 Å². The molecule has 0 saturated carbocycles. The Bertz CT molecular complexity index is 697. The van der Waals surface area contributed by atoms with Crippen molar-refractivity contribution < 1.29 is 34.2 Å². The highest BCUT2D eigenvalue weighted by atomic mass is 16.4. The van der Waals surface area contributed by atoms with Gasteiger partial charge in [0.05, 0.1) is 12.5 Å². The molecule has 176 valence electrons. The average Bonchev–Trinajstić information content (AvgIpc) is 3.19. The minimum atomic E-state index is -1.43. The van der Waals surface area contributed by atoms with E-state index in [-0.39, 0.29) is 12.5 Å². The van der Waals surface area contributed by atoms with Gasteiger partial charge in [-0.3, -0.25) is 19.2 Å². The van der Waals surface area contributed by atoms with E-state index in [1.165, 1.54) is 4.90 Å². The van der Waals surface area contributed by atoms with Crippen molar-refractivity contribution in [2.24, 2.45) is 17.6 Å². The van der Waals surface area contributed by atoms with Gasteiger partial charge < -0.3 is 31.5 Å². The highest BCUT2D eigenvalue weighted by molar-refractivity contribution is 5.95. The monoisotopic (exact) mass is 442 g/mol. The van der Waals surface area contributed by atoms with Gasteiger partial charge in [-0.25, -0.2) is 4.79 Å². The van der Waals surface area contributed by atoms with Gasteiger partial charge in [0.15, 0.2) is 0 Å². The van der Waals surface area contributed by atoms with Crippen LogP contribution in [0, 0.1) is 11.8 Å². The maximum Gasteiger partial charge on any atom is 0.326 e. The van der Waals surface area contributed by atoms with Gasteiger partial charge in [-0.05, 0) is 24.7 Å². The molecule has 3 amide bonds. The summed E-state index contributed by atoms with van der Waals surface area (Å²) in [5, 5.41) is 23.4. The average molecular weight is 443 g/mol. The van der Waals surface area contributed by atoms with E-state index in [1.807, 2.05) is 6.92 Å². The van der Waals surface area contributed by atoms with Crippen LogP contribution in [0.4, 0.5) is 0 Å². The molecule has 0 aromatic heterocycles. The first kappa shape index (κ1) is 26.3. The molecule has 6 N–H and O–H groups in total. The number of carbonyl (C=O) groups is 5. The minimum absolute atomic E-state index is 0.179. The smallest absolute Gasteiger partial charge is 0.326 e. The summed E-state index contributed by atoms with van der Waals surface area (Å²) in [7, 11) is 0. The third-order valence-corrected chi connectivity index (χ3v) is 5.62. The molecule has 0 aromatic carbocycles. The number of likely N-dealkylation sites (tertiary alicyclic amines) is 1. The van der Waals surface area contributed by atoms with E-state index in [4.69, 9.17) is 10.8 Å². The number of hydrogen-bond donors (Lipinski definition) is 5. The Morgan fingerprint density at radius 3 is 2.16 bits per heavy atom. The number of rotatable bonds is 11. The van der Waals surface area contributed by atoms with E-state index >= 15 is 0 Å². The zero-order valence-electron chi connectivity index (χ0n) is 18.5. The Labute approximate surface area is 181 Å². The van der Waals surface area contributed by atoms with Gasteiger partial charge in [0.25, 0.3) is 0 Å². The predicted octanol–water partition coefficient (Wildman–Crippen LogP) is -0.464. The highest BCUT2D eigenvalue weighted by Crippen LogP contribution is 2.20. The van der Waals surface area contributed by atoms with Crippen LogP contribution >= 0.6 is 0 Å². The van der Waals surface area contributed by atoms with Crippen LogP contribution < -0.4 is 16.4 Å². The number of carbonyl (C=O) groups excluding carboxylic acids is 3. The number of nitrogens with one attached hydrogen (secondary N) is 2. The Hall–Kier alpha value is -2.69. The van der Waals surface area contributed by atoms with Crippen molar-refractivity contribution in [3.05, 3.63) is 0 Å². The van der Waals surface area contributed by atoms with Crippen molar-refractivity contribution in [3.8, 4) is 0 Å². The molecule has 5 unspecified atom stereocenters. The third-order valence-electron chi connectivity index (χ3n) is 5.62. The number of aliphatic carboxylic acids is 2. The van der Waals surface area contributed by atoms with E-state index < -0.39 is 66.2 Å². The van der Waals surface area contributed by atoms with E-state index in [0.29, 0.717) is 19.3 Å². The Morgan fingerprint density at radius 1 is 1.06 bits per heavy atom. The number of hydrogen-bond acceptors (Lipinski definition) is 6. The van der Waals surface area contributed by atoms with Crippen LogP contribution in [0.5, 0.6) is 0 Å². The zero-order chi connectivity index (χ0) is 23.9. The first-order chi connectivity index (χ1) is 14.4. The summed E-state index contributed by atoms with van der Waals surface area (Å²) in [6.45, 7) is 7.23. The van der Waals surface area contributed by atoms with Gasteiger partial charge in [-0.1, -0.05) is 34.1 Å². The molecule has 0 bridgehead atoms. The fourth-order valence-electron chi connectivity index (χ4n) is 3.40. The van der Waals surface area contributed by atoms with Gasteiger partial charge in [-0.15, -0.1) is 0 Å². The van der Waals surface area contributed by atoms with Crippen molar-refractivity contribution in [3.63, 3.8) is 0 Å². The number of amides is 3. The number of carboxylic acid groups (broad SMARTS) is 2. The normalized spacial score (nSPS) is 19.9. The fourth-order valence-corrected chi connectivity index (χ4v) is 3.40. The molecule has 1 heterocycles. The third kappa shape index (κ3) is 7.20. The lowest BCUT2D eigenvalue weighted by atomic mass is 9.98. The lowest BCUT2D eigenvalue weighted by Gasteiger charge is -2.30. The number of nitrogens with zero attached hydrogens (tertiary/aromatic N) is 1. The molecule has 5 atom stereocenters. The molecule has 0 aromatic rings. The summed E-state index contributed by atoms with van der Waals surface area (Å²) in [5.41, 5.74) is 5.87. The SMILES string of the molecule is CCC(C)C(N)C(=O)NC(CC(=O)O)C(=O)NC(C(=O)N1CCCC1C(=O)O)C(C)C. The van der Waals surface area contributed by atoms with Crippen LogP contribution in [0.25, 0.3) is 0 Å². The van der Waals surface area contributed by atoms with E-state index in [0.717, 1.165) is 0 Å². The van der Waals surface area contributed by atoms with Crippen molar-refractivity contribution in [2.45, 2.75) is 77.5 Å². The highest BCUT2D eigenvalue weighted by Gasteiger charge is 2.39. The Morgan fingerprint density at radius 2 is 1.68 bits per heavy atom. The quantitative estimate of drug-likeness (QED) is 0.285. The molecule has 1 aliphatic rings. The van der Waals surface area contributed by atoms with Crippen LogP contribution in [-0.4, -0.2) is 75.5 Å². The molecule has 1 fully saturated rings. The number of nitrogens with two attached hydrogens (primary N) is 1. The van der Waals surface area contributed by atoms with E-state index in [9.17, 15) is 29.1 Å². The summed E-state index contributed by atoms with van der Waals surface area (Å²) < 4.78 is 0. The van der Waals surface area contributed by atoms with Crippen molar-refractivity contribution in [2.75, 3.05) is 6.54 Å². The minimum Gasteiger partial charge on any atom is -0.481 e. The topological polar surface area (TPSA) is 179 Å². The standard InChI is InChI=1S/C20H34N4O7/c1-5-11(4)15(21)18(28)22-12(9-14(25)26)17(27)23-16(10(2)3)19(29)24-8-6-7-13(24)20(30)31/h10-13,15-16H,5-9,21H2,1-4H3,(H,22,28)(H,23,27)(H,25,26)(H,30,31). The van der Waals surface area contributed by atoms with Crippen molar-refractivity contribution in [1.29, 1.82) is 0 Å². The molecule has 1 aliphatic heterocycles. The van der Waals surface area contributed by atoms with Crippen LogP contribution in [0.3, 0.4) is 0 Å². The Balaban J connectivity index is 2.99. The molecule has 1 saturated heterocycles.